The van der Waals surface area contributed by atoms with Crippen molar-refractivity contribution in [2.24, 2.45) is 0 Å². The topological polar surface area (TPSA) is 119 Å². The molecule has 3 aromatic rings. The van der Waals surface area contributed by atoms with Gasteiger partial charge in [0.1, 0.15) is 5.69 Å². The van der Waals surface area contributed by atoms with Crippen molar-refractivity contribution in [1.82, 2.24) is 20.4 Å². The molecule has 3 rings (SSSR count). The predicted molar refractivity (Wildman–Crippen MR) is 91.6 cm³/mol. The van der Waals surface area contributed by atoms with E-state index < -0.39 is 16.7 Å². The van der Waals surface area contributed by atoms with Crippen molar-refractivity contribution in [3.63, 3.8) is 0 Å². The molecular formula is C17H13N5O4. The molecule has 0 aliphatic rings. The summed E-state index contributed by atoms with van der Waals surface area (Å²) in [6.07, 6.45) is 4.47. The van der Waals surface area contributed by atoms with Gasteiger partial charge in [-0.25, -0.2) is 4.98 Å². The first-order valence-electron chi connectivity index (χ1n) is 7.49. The Morgan fingerprint density at radius 1 is 1.00 bits per heavy atom. The largest absolute Gasteiger partial charge is 0.300 e. The fourth-order valence-corrected chi connectivity index (χ4v) is 2.28. The van der Waals surface area contributed by atoms with Gasteiger partial charge >= 0.3 is 0 Å². The molecule has 1 aromatic heterocycles. The van der Waals surface area contributed by atoms with Crippen LogP contribution in [0.25, 0.3) is 5.69 Å². The SMILES string of the molecule is O=C(NNC(=O)c1ccc(-n2ccnc2)c([N+](=O)[O-])c1)c1ccccc1. The van der Waals surface area contributed by atoms with E-state index in [1.54, 1.807) is 36.5 Å². The zero-order chi connectivity index (χ0) is 18.5. The van der Waals surface area contributed by atoms with Crippen LogP contribution in [0.1, 0.15) is 20.7 Å². The van der Waals surface area contributed by atoms with Crippen molar-refractivity contribution in [3.05, 3.63) is 88.5 Å². The highest BCUT2D eigenvalue weighted by atomic mass is 16.6. The van der Waals surface area contributed by atoms with Crippen molar-refractivity contribution in [3.8, 4) is 5.69 Å². The van der Waals surface area contributed by atoms with Crippen LogP contribution >= 0.6 is 0 Å². The number of imidazole rings is 1. The van der Waals surface area contributed by atoms with Crippen LogP contribution in [0.4, 0.5) is 5.69 Å². The summed E-state index contributed by atoms with van der Waals surface area (Å²) in [4.78, 5) is 38.7. The number of nitrogens with zero attached hydrogens (tertiary/aromatic N) is 3. The van der Waals surface area contributed by atoms with Gasteiger partial charge in [-0.3, -0.25) is 30.6 Å². The molecule has 2 amide bonds. The highest BCUT2D eigenvalue weighted by Gasteiger charge is 2.19. The van der Waals surface area contributed by atoms with Gasteiger partial charge in [-0.05, 0) is 24.3 Å². The molecule has 0 bridgehead atoms. The molecule has 130 valence electrons. The van der Waals surface area contributed by atoms with Crippen molar-refractivity contribution in [1.29, 1.82) is 0 Å². The zero-order valence-corrected chi connectivity index (χ0v) is 13.3. The second-order valence-corrected chi connectivity index (χ2v) is 5.20. The van der Waals surface area contributed by atoms with Crippen LogP contribution in [-0.2, 0) is 0 Å². The standard InChI is InChI=1S/C17H13N5O4/c23-16(12-4-2-1-3-5-12)19-20-17(24)13-6-7-14(15(10-13)22(25)26)21-9-8-18-11-21/h1-11H,(H,19,23)(H,20,24). The van der Waals surface area contributed by atoms with E-state index >= 15 is 0 Å². The van der Waals surface area contributed by atoms with Crippen molar-refractivity contribution < 1.29 is 14.5 Å². The number of benzene rings is 2. The van der Waals surface area contributed by atoms with Gasteiger partial charge in [-0.15, -0.1) is 0 Å². The summed E-state index contributed by atoms with van der Waals surface area (Å²) in [5.41, 5.74) is 4.92. The molecule has 0 aliphatic carbocycles. The fraction of sp³-hybridized carbons (Fsp3) is 0. The van der Waals surface area contributed by atoms with E-state index in [1.807, 2.05) is 0 Å². The molecule has 1 heterocycles. The maximum Gasteiger partial charge on any atom is 0.294 e. The summed E-state index contributed by atoms with van der Waals surface area (Å²) in [5, 5.41) is 11.3. The molecule has 26 heavy (non-hydrogen) atoms. The first kappa shape index (κ1) is 16.8. The van der Waals surface area contributed by atoms with Gasteiger partial charge in [0.15, 0.2) is 0 Å². The van der Waals surface area contributed by atoms with E-state index in [0.717, 1.165) is 6.07 Å². The molecule has 9 nitrogen and oxygen atoms in total. The minimum Gasteiger partial charge on any atom is -0.300 e. The number of aromatic nitrogens is 2. The third-order valence-corrected chi connectivity index (χ3v) is 3.54. The average molecular weight is 351 g/mol. The Bertz CT molecular complexity index is 955. The van der Waals surface area contributed by atoms with Crippen LogP contribution in [0.2, 0.25) is 0 Å². The summed E-state index contributed by atoms with van der Waals surface area (Å²) in [5.74, 6) is -1.17. The second-order valence-electron chi connectivity index (χ2n) is 5.20. The van der Waals surface area contributed by atoms with Gasteiger partial charge in [0.05, 0.1) is 11.3 Å². The Labute approximate surface area is 147 Å². The van der Waals surface area contributed by atoms with Gasteiger partial charge in [-0.1, -0.05) is 18.2 Å². The molecule has 0 spiro atoms. The molecule has 0 saturated carbocycles. The van der Waals surface area contributed by atoms with Crippen LogP contribution in [0.5, 0.6) is 0 Å². The van der Waals surface area contributed by atoms with E-state index in [1.165, 1.54) is 29.2 Å². The van der Waals surface area contributed by atoms with Gasteiger partial charge in [0.25, 0.3) is 17.5 Å². The van der Waals surface area contributed by atoms with E-state index in [2.05, 4.69) is 15.8 Å². The van der Waals surface area contributed by atoms with Gasteiger partial charge in [0, 0.05) is 29.6 Å². The van der Waals surface area contributed by atoms with Crippen LogP contribution in [0.15, 0.2) is 67.3 Å². The summed E-state index contributed by atoms with van der Waals surface area (Å²) in [6, 6.07) is 12.3. The number of hydrazine groups is 1. The predicted octanol–water partition coefficient (Wildman–Crippen LogP) is 1.86. The van der Waals surface area contributed by atoms with E-state index in [4.69, 9.17) is 0 Å². The number of nitrogens with one attached hydrogen (secondary N) is 2. The molecular weight excluding hydrogens is 338 g/mol. The molecule has 9 heteroatoms. The maximum atomic E-state index is 12.2. The van der Waals surface area contributed by atoms with Crippen LogP contribution in [-0.4, -0.2) is 26.3 Å². The summed E-state index contributed by atoms with van der Waals surface area (Å²) < 4.78 is 1.47. The first-order valence-corrected chi connectivity index (χ1v) is 7.49. The minimum absolute atomic E-state index is 0.0360. The number of hydrogen-bond acceptors (Lipinski definition) is 5. The van der Waals surface area contributed by atoms with Crippen molar-refractivity contribution >= 4 is 17.5 Å². The Balaban J connectivity index is 1.76. The molecule has 0 saturated heterocycles. The monoisotopic (exact) mass is 351 g/mol. The molecule has 0 atom stereocenters. The molecule has 0 unspecified atom stereocenters. The van der Waals surface area contributed by atoms with Gasteiger partial charge in [0.2, 0.25) is 0 Å². The van der Waals surface area contributed by atoms with E-state index in [-0.39, 0.29) is 16.9 Å². The number of nitro benzene ring substituents is 1. The molecule has 0 radical (unpaired) electrons. The van der Waals surface area contributed by atoms with E-state index in [9.17, 15) is 19.7 Å². The van der Waals surface area contributed by atoms with Crippen molar-refractivity contribution in [2.45, 2.75) is 0 Å². The Kier molecular flexibility index (Phi) is 4.70. The van der Waals surface area contributed by atoms with Crippen LogP contribution < -0.4 is 10.9 Å². The van der Waals surface area contributed by atoms with Gasteiger partial charge < -0.3 is 4.57 Å². The number of nitro groups is 1. The number of amides is 2. The molecule has 2 aromatic carbocycles. The van der Waals surface area contributed by atoms with E-state index in [0.29, 0.717) is 5.56 Å². The Hall–Kier alpha value is -4.01. The summed E-state index contributed by atoms with van der Waals surface area (Å²) >= 11 is 0. The molecule has 0 aliphatic heterocycles. The number of rotatable bonds is 4. The normalized spacial score (nSPS) is 10.2. The third-order valence-electron chi connectivity index (χ3n) is 3.54. The van der Waals surface area contributed by atoms with Gasteiger partial charge in [-0.2, -0.15) is 0 Å². The van der Waals surface area contributed by atoms with Crippen LogP contribution in [0.3, 0.4) is 0 Å². The summed E-state index contributed by atoms with van der Waals surface area (Å²) in [7, 11) is 0. The number of hydrogen-bond donors (Lipinski definition) is 2. The Morgan fingerprint density at radius 2 is 1.69 bits per heavy atom. The lowest BCUT2D eigenvalue weighted by Gasteiger charge is -2.09. The maximum absolute atomic E-state index is 12.2. The first-order chi connectivity index (χ1) is 12.6. The number of carbonyl (C=O) groups is 2. The van der Waals surface area contributed by atoms with Crippen molar-refractivity contribution in [2.75, 3.05) is 0 Å². The fourth-order valence-electron chi connectivity index (χ4n) is 2.28. The zero-order valence-electron chi connectivity index (χ0n) is 13.3. The molecule has 2 N–H and O–H groups in total. The second kappa shape index (κ2) is 7.26. The quantitative estimate of drug-likeness (QED) is 0.549. The highest BCUT2D eigenvalue weighted by Crippen LogP contribution is 2.24. The highest BCUT2D eigenvalue weighted by molar-refractivity contribution is 5.99. The Morgan fingerprint density at radius 3 is 2.31 bits per heavy atom. The molecule has 0 fully saturated rings. The van der Waals surface area contributed by atoms with Crippen LogP contribution in [0, 0.1) is 10.1 Å². The lowest BCUT2D eigenvalue weighted by Crippen LogP contribution is -2.41. The lowest BCUT2D eigenvalue weighted by atomic mass is 10.1. The smallest absolute Gasteiger partial charge is 0.294 e. The lowest BCUT2D eigenvalue weighted by molar-refractivity contribution is -0.384. The average Bonchev–Trinajstić information content (AvgIpc) is 3.20. The number of carbonyl (C=O) groups excluding carboxylic acids is 2. The summed E-state index contributed by atoms with van der Waals surface area (Å²) in [6.45, 7) is 0. The minimum atomic E-state index is -0.672. The third kappa shape index (κ3) is 3.56.